The minimum absolute atomic E-state index is 0.280. The van der Waals surface area contributed by atoms with Crippen LogP contribution in [0.25, 0.3) is 0 Å². The van der Waals surface area contributed by atoms with E-state index >= 15 is 0 Å². The summed E-state index contributed by atoms with van der Waals surface area (Å²) in [6, 6.07) is 15.7. The highest BCUT2D eigenvalue weighted by molar-refractivity contribution is 5.35. The fraction of sp³-hybridized carbons (Fsp3) is 0.389. The van der Waals surface area contributed by atoms with Crippen LogP contribution in [0.1, 0.15) is 61.5 Å². The lowest BCUT2D eigenvalue weighted by atomic mass is 9.81. The highest BCUT2D eigenvalue weighted by atomic mass is 15.0. The monoisotopic (exact) mass is 266 g/mol. The average molecular weight is 266 g/mol. The van der Waals surface area contributed by atoms with Crippen molar-refractivity contribution in [2.75, 3.05) is 0 Å². The van der Waals surface area contributed by atoms with Crippen LogP contribution >= 0.6 is 0 Å². The molecule has 1 aliphatic rings. The fourth-order valence-corrected chi connectivity index (χ4v) is 3.20. The summed E-state index contributed by atoms with van der Waals surface area (Å²) in [5.41, 5.74) is 4.09. The molecule has 1 aromatic carbocycles. The van der Waals surface area contributed by atoms with Gasteiger partial charge in [-0.1, -0.05) is 37.3 Å². The standard InChI is InChI=1S/C18H22N2/c1-13-10-11-18(16-8-4-3-7-15(13)16)20-14(2)17-9-5-6-12-19-17/h3-9,12-14,18,20H,10-11H2,1-2H3/t13?,14-,18?/m0/s1. The Morgan fingerprint density at radius 2 is 1.80 bits per heavy atom. The molecule has 2 heteroatoms. The molecule has 0 spiro atoms. The Kier molecular flexibility index (Phi) is 3.83. The maximum atomic E-state index is 4.45. The first-order valence-corrected chi connectivity index (χ1v) is 7.51. The molecule has 0 bridgehead atoms. The van der Waals surface area contributed by atoms with Gasteiger partial charge in [0.2, 0.25) is 0 Å². The van der Waals surface area contributed by atoms with E-state index in [1.165, 1.54) is 24.0 Å². The number of nitrogens with zero attached hydrogens (tertiary/aromatic N) is 1. The Labute approximate surface area is 121 Å². The van der Waals surface area contributed by atoms with Gasteiger partial charge in [0.05, 0.1) is 5.69 Å². The molecule has 1 aliphatic carbocycles. The van der Waals surface area contributed by atoms with Gasteiger partial charge in [0.1, 0.15) is 0 Å². The smallest absolute Gasteiger partial charge is 0.0570 e. The minimum atomic E-state index is 0.280. The second-order valence-electron chi connectivity index (χ2n) is 5.80. The van der Waals surface area contributed by atoms with Gasteiger partial charge >= 0.3 is 0 Å². The van der Waals surface area contributed by atoms with Crippen LogP contribution in [0.3, 0.4) is 0 Å². The van der Waals surface area contributed by atoms with Crippen LogP contribution in [0.15, 0.2) is 48.7 Å². The molecular formula is C18H22N2. The summed E-state index contributed by atoms with van der Waals surface area (Å²) in [6.07, 6.45) is 4.32. The molecule has 2 aromatic rings. The van der Waals surface area contributed by atoms with Crippen LogP contribution in [-0.2, 0) is 0 Å². The van der Waals surface area contributed by atoms with Crippen LogP contribution in [0, 0.1) is 0 Å². The molecule has 3 atom stereocenters. The van der Waals surface area contributed by atoms with Gasteiger partial charge in [-0.15, -0.1) is 0 Å². The number of fused-ring (bicyclic) bond motifs is 1. The Morgan fingerprint density at radius 3 is 2.55 bits per heavy atom. The first-order chi connectivity index (χ1) is 9.75. The van der Waals surface area contributed by atoms with Gasteiger partial charge in [0.25, 0.3) is 0 Å². The Balaban J connectivity index is 1.81. The van der Waals surface area contributed by atoms with Crippen LogP contribution in [0.4, 0.5) is 0 Å². The zero-order chi connectivity index (χ0) is 13.9. The van der Waals surface area contributed by atoms with Crippen molar-refractivity contribution in [2.24, 2.45) is 0 Å². The van der Waals surface area contributed by atoms with Crippen LogP contribution in [0.5, 0.6) is 0 Å². The normalized spacial score (nSPS) is 23.1. The van der Waals surface area contributed by atoms with Gasteiger partial charge in [-0.05, 0) is 48.9 Å². The summed E-state index contributed by atoms with van der Waals surface area (Å²) in [4.78, 5) is 4.45. The van der Waals surface area contributed by atoms with Crippen molar-refractivity contribution in [3.8, 4) is 0 Å². The second kappa shape index (κ2) is 5.76. The molecule has 2 nitrogen and oxygen atoms in total. The average Bonchev–Trinajstić information content (AvgIpc) is 2.51. The van der Waals surface area contributed by atoms with Crippen molar-refractivity contribution in [3.05, 3.63) is 65.5 Å². The third-order valence-corrected chi connectivity index (χ3v) is 4.37. The number of hydrogen-bond donors (Lipinski definition) is 1. The first kappa shape index (κ1) is 13.3. The number of benzene rings is 1. The van der Waals surface area contributed by atoms with E-state index in [2.05, 4.69) is 60.5 Å². The number of pyridine rings is 1. The Bertz CT molecular complexity index is 565. The second-order valence-corrected chi connectivity index (χ2v) is 5.80. The van der Waals surface area contributed by atoms with E-state index in [0.29, 0.717) is 12.0 Å². The van der Waals surface area contributed by atoms with Crippen molar-refractivity contribution < 1.29 is 0 Å². The van der Waals surface area contributed by atoms with E-state index in [9.17, 15) is 0 Å². The zero-order valence-corrected chi connectivity index (χ0v) is 12.2. The van der Waals surface area contributed by atoms with Gasteiger partial charge in [-0.25, -0.2) is 0 Å². The van der Waals surface area contributed by atoms with Gasteiger partial charge < -0.3 is 5.32 Å². The molecule has 0 fully saturated rings. The lowest BCUT2D eigenvalue weighted by Gasteiger charge is -2.32. The quantitative estimate of drug-likeness (QED) is 0.892. The van der Waals surface area contributed by atoms with Gasteiger partial charge in [-0.3, -0.25) is 4.98 Å². The first-order valence-electron chi connectivity index (χ1n) is 7.51. The minimum Gasteiger partial charge on any atom is -0.302 e. The zero-order valence-electron chi connectivity index (χ0n) is 12.2. The van der Waals surface area contributed by atoms with E-state index in [-0.39, 0.29) is 6.04 Å². The lowest BCUT2D eigenvalue weighted by molar-refractivity contribution is 0.392. The van der Waals surface area contributed by atoms with Crippen molar-refractivity contribution in [3.63, 3.8) is 0 Å². The molecule has 0 saturated heterocycles. The third-order valence-electron chi connectivity index (χ3n) is 4.37. The van der Waals surface area contributed by atoms with E-state index in [4.69, 9.17) is 0 Å². The fourth-order valence-electron chi connectivity index (χ4n) is 3.20. The predicted molar refractivity (Wildman–Crippen MR) is 82.6 cm³/mol. The summed E-state index contributed by atoms with van der Waals surface area (Å²) in [7, 11) is 0. The van der Waals surface area contributed by atoms with E-state index in [1.54, 1.807) is 0 Å². The Hall–Kier alpha value is -1.67. The lowest BCUT2D eigenvalue weighted by Crippen LogP contribution is -2.29. The van der Waals surface area contributed by atoms with Crippen LogP contribution < -0.4 is 5.32 Å². The largest absolute Gasteiger partial charge is 0.302 e. The van der Waals surface area contributed by atoms with Gasteiger partial charge in [-0.2, -0.15) is 0 Å². The third kappa shape index (κ3) is 2.61. The van der Waals surface area contributed by atoms with Gasteiger partial charge in [0.15, 0.2) is 0 Å². The maximum absolute atomic E-state index is 4.45. The highest BCUT2D eigenvalue weighted by Crippen LogP contribution is 2.37. The van der Waals surface area contributed by atoms with E-state index in [0.717, 1.165) is 5.69 Å². The molecule has 1 aromatic heterocycles. The molecule has 0 amide bonds. The molecule has 1 N–H and O–H groups in total. The number of nitrogens with one attached hydrogen (secondary N) is 1. The van der Waals surface area contributed by atoms with Crippen molar-refractivity contribution in [2.45, 2.75) is 44.7 Å². The van der Waals surface area contributed by atoms with E-state index in [1.807, 2.05) is 12.3 Å². The van der Waals surface area contributed by atoms with Crippen molar-refractivity contribution in [1.82, 2.24) is 10.3 Å². The summed E-state index contributed by atoms with van der Waals surface area (Å²) in [6.45, 7) is 4.53. The summed E-state index contributed by atoms with van der Waals surface area (Å²) < 4.78 is 0. The number of rotatable bonds is 3. The van der Waals surface area contributed by atoms with Crippen molar-refractivity contribution >= 4 is 0 Å². The van der Waals surface area contributed by atoms with Crippen LogP contribution in [0.2, 0.25) is 0 Å². The molecule has 0 saturated carbocycles. The number of hydrogen-bond acceptors (Lipinski definition) is 2. The van der Waals surface area contributed by atoms with Crippen molar-refractivity contribution in [1.29, 1.82) is 0 Å². The molecule has 0 radical (unpaired) electrons. The summed E-state index contributed by atoms with van der Waals surface area (Å²) >= 11 is 0. The highest BCUT2D eigenvalue weighted by Gasteiger charge is 2.25. The molecule has 0 aliphatic heterocycles. The maximum Gasteiger partial charge on any atom is 0.0570 e. The summed E-state index contributed by atoms with van der Waals surface area (Å²) in [5, 5.41) is 3.75. The predicted octanol–water partition coefficient (Wildman–Crippen LogP) is 4.37. The molecule has 1 heterocycles. The topological polar surface area (TPSA) is 24.9 Å². The number of aromatic nitrogens is 1. The van der Waals surface area contributed by atoms with Gasteiger partial charge in [0, 0.05) is 18.3 Å². The van der Waals surface area contributed by atoms with Crippen LogP contribution in [-0.4, -0.2) is 4.98 Å². The SMILES string of the molecule is CC1CCC(N[C@@H](C)c2ccccn2)c2ccccc21. The molecule has 20 heavy (non-hydrogen) atoms. The molecule has 3 rings (SSSR count). The molecule has 2 unspecified atom stereocenters. The Morgan fingerprint density at radius 1 is 1.05 bits per heavy atom. The van der Waals surface area contributed by atoms with E-state index < -0.39 is 0 Å². The molecular weight excluding hydrogens is 244 g/mol. The molecule has 104 valence electrons. The summed E-state index contributed by atoms with van der Waals surface area (Å²) in [5.74, 6) is 0.675.